The Bertz CT molecular complexity index is 283. The molecule has 0 aromatic carbocycles. The number of carboxylic acids is 1. The zero-order valence-electron chi connectivity index (χ0n) is 7.91. The number of esters is 1. The average molecular weight is 200 g/mol. The van der Waals surface area contributed by atoms with Crippen LogP contribution >= 0.6 is 0 Å². The average Bonchev–Trinajstić information content (AvgIpc) is 2.49. The van der Waals surface area contributed by atoms with Crippen molar-refractivity contribution in [1.82, 2.24) is 0 Å². The summed E-state index contributed by atoms with van der Waals surface area (Å²) >= 11 is 0. The Morgan fingerprint density at radius 3 is 2.57 bits per heavy atom. The van der Waals surface area contributed by atoms with E-state index >= 15 is 0 Å². The molecule has 1 aliphatic carbocycles. The summed E-state index contributed by atoms with van der Waals surface area (Å²) < 4.78 is 4.67. The van der Waals surface area contributed by atoms with E-state index in [0.717, 1.165) is 0 Å². The SMILES string of the molecule is CCOC(=O)C1(C(=O)O)CCC(=O)C1. The van der Waals surface area contributed by atoms with E-state index in [1.807, 2.05) is 0 Å². The van der Waals surface area contributed by atoms with Gasteiger partial charge in [0.2, 0.25) is 0 Å². The largest absolute Gasteiger partial charge is 0.480 e. The van der Waals surface area contributed by atoms with Gasteiger partial charge in [-0.15, -0.1) is 0 Å². The lowest BCUT2D eigenvalue weighted by Gasteiger charge is -2.19. The summed E-state index contributed by atoms with van der Waals surface area (Å²) in [5.41, 5.74) is -1.62. The number of carbonyl (C=O) groups excluding carboxylic acids is 2. The first kappa shape index (κ1) is 10.7. The molecule has 0 heterocycles. The van der Waals surface area contributed by atoms with Crippen molar-refractivity contribution in [1.29, 1.82) is 0 Å². The summed E-state index contributed by atoms with van der Waals surface area (Å²) in [5.74, 6) is -2.25. The molecule has 0 saturated heterocycles. The predicted molar refractivity (Wildman–Crippen MR) is 45.6 cm³/mol. The van der Waals surface area contributed by atoms with Crippen LogP contribution in [0.25, 0.3) is 0 Å². The highest BCUT2D eigenvalue weighted by Crippen LogP contribution is 2.37. The first-order valence-electron chi connectivity index (χ1n) is 4.45. The van der Waals surface area contributed by atoms with E-state index in [1.165, 1.54) is 0 Å². The molecule has 1 saturated carbocycles. The highest BCUT2D eigenvalue weighted by molar-refractivity contribution is 6.05. The maximum Gasteiger partial charge on any atom is 0.323 e. The van der Waals surface area contributed by atoms with E-state index in [4.69, 9.17) is 5.11 Å². The van der Waals surface area contributed by atoms with Gasteiger partial charge >= 0.3 is 11.9 Å². The monoisotopic (exact) mass is 200 g/mol. The maximum atomic E-state index is 11.4. The third kappa shape index (κ3) is 1.62. The van der Waals surface area contributed by atoms with Gasteiger partial charge in [-0.05, 0) is 13.3 Å². The van der Waals surface area contributed by atoms with E-state index in [9.17, 15) is 14.4 Å². The zero-order valence-corrected chi connectivity index (χ0v) is 7.91. The number of hydrogen-bond acceptors (Lipinski definition) is 4. The van der Waals surface area contributed by atoms with Crippen LogP contribution < -0.4 is 0 Å². The Labute approximate surface area is 81.0 Å². The van der Waals surface area contributed by atoms with Gasteiger partial charge in [0.05, 0.1) is 6.61 Å². The third-order valence-corrected chi connectivity index (χ3v) is 2.41. The van der Waals surface area contributed by atoms with E-state index in [2.05, 4.69) is 4.74 Å². The summed E-state index contributed by atoms with van der Waals surface area (Å²) in [5, 5.41) is 8.93. The van der Waals surface area contributed by atoms with Crippen LogP contribution in [0.3, 0.4) is 0 Å². The molecule has 1 atom stereocenters. The van der Waals surface area contributed by atoms with Crippen molar-refractivity contribution in [3.63, 3.8) is 0 Å². The van der Waals surface area contributed by atoms with Gasteiger partial charge in [0.15, 0.2) is 5.41 Å². The summed E-state index contributed by atoms with van der Waals surface area (Å²) in [4.78, 5) is 33.3. The molecule has 14 heavy (non-hydrogen) atoms. The van der Waals surface area contributed by atoms with E-state index in [-0.39, 0.29) is 31.7 Å². The fraction of sp³-hybridized carbons (Fsp3) is 0.667. The number of ketones is 1. The maximum absolute atomic E-state index is 11.4. The topological polar surface area (TPSA) is 80.7 Å². The number of carbonyl (C=O) groups is 3. The lowest BCUT2D eigenvalue weighted by atomic mass is 9.86. The molecule has 5 nitrogen and oxygen atoms in total. The lowest BCUT2D eigenvalue weighted by molar-refractivity contribution is -0.168. The summed E-state index contributed by atoms with van der Waals surface area (Å²) in [6, 6.07) is 0. The lowest BCUT2D eigenvalue weighted by Crippen LogP contribution is -2.38. The van der Waals surface area contributed by atoms with Gasteiger partial charge in [-0.25, -0.2) is 0 Å². The molecular weight excluding hydrogens is 188 g/mol. The van der Waals surface area contributed by atoms with Crippen molar-refractivity contribution >= 4 is 17.7 Å². The molecule has 0 spiro atoms. The van der Waals surface area contributed by atoms with Gasteiger partial charge in [-0.3, -0.25) is 14.4 Å². The second-order valence-corrected chi connectivity index (χ2v) is 3.32. The number of aliphatic carboxylic acids is 1. The van der Waals surface area contributed by atoms with Crippen LogP contribution in [0, 0.1) is 5.41 Å². The molecule has 1 N–H and O–H groups in total. The molecule has 1 fully saturated rings. The molecule has 0 bridgehead atoms. The van der Waals surface area contributed by atoms with Crippen molar-refractivity contribution < 1.29 is 24.2 Å². The molecule has 0 aromatic rings. The van der Waals surface area contributed by atoms with Crippen LogP contribution in [-0.4, -0.2) is 29.4 Å². The first-order valence-corrected chi connectivity index (χ1v) is 4.45. The normalized spacial score (nSPS) is 26.2. The van der Waals surface area contributed by atoms with E-state index in [1.54, 1.807) is 6.92 Å². The minimum absolute atomic E-state index is 0.0556. The van der Waals surface area contributed by atoms with Crippen molar-refractivity contribution in [2.45, 2.75) is 26.2 Å². The molecule has 5 heteroatoms. The van der Waals surface area contributed by atoms with Crippen molar-refractivity contribution in [2.75, 3.05) is 6.61 Å². The van der Waals surface area contributed by atoms with Crippen LogP contribution in [0.15, 0.2) is 0 Å². The van der Waals surface area contributed by atoms with Crippen molar-refractivity contribution in [3.05, 3.63) is 0 Å². The molecule has 0 aromatic heterocycles. The Morgan fingerprint density at radius 1 is 1.57 bits per heavy atom. The van der Waals surface area contributed by atoms with Crippen LogP contribution in [0.5, 0.6) is 0 Å². The fourth-order valence-electron chi connectivity index (χ4n) is 1.58. The quantitative estimate of drug-likeness (QED) is 0.526. The summed E-state index contributed by atoms with van der Waals surface area (Å²) in [6.45, 7) is 1.73. The standard InChI is InChI=1S/C9H12O5/c1-2-14-8(13)9(7(11)12)4-3-6(10)5-9/h2-5H2,1H3,(H,11,12). The second-order valence-electron chi connectivity index (χ2n) is 3.32. The Kier molecular flexibility index (Phi) is 2.88. The molecule has 1 unspecified atom stereocenters. The van der Waals surface area contributed by atoms with Crippen LogP contribution in [0.2, 0.25) is 0 Å². The van der Waals surface area contributed by atoms with E-state index in [0.29, 0.717) is 0 Å². The van der Waals surface area contributed by atoms with Crippen LogP contribution in [-0.2, 0) is 19.1 Å². The highest BCUT2D eigenvalue weighted by atomic mass is 16.5. The minimum Gasteiger partial charge on any atom is -0.480 e. The van der Waals surface area contributed by atoms with Gasteiger partial charge in [0.1, 0.15) is 5.78 Å². The molecule has 0 radical (unpaired) electrons. The minimum atomic E-state index is -1.62. The van der Waals surface area contributed by atoms with Crippen LogP contribution in [0.4, 0.5) is 0 Å². The number of hydrogen-bond donors (Lipinski definition) is 1. The number of ether oxygens (including phenoxy) is 1. The fourth-order valence-corrected chi connectivity index (χ4v) is 1.58. The van der Waals surface area contributed by atoms with Gasteiger partial charge in [-0.2, -0.15) is 0 Å². The van der Waals surface area contributed by atoms with Gasteiger partial charge in [-0.1, -0.05) is 0 Å². The third-order valence-electron chi connectivity index (χ3n) is 2.41. The molecule has 78 valence electrons. The molecular formula is C9H12O5. The Hall–Kier alpha value is -1.39. The predicted octanol–water partition coefficient (Wildman–Crippen LogP) is 0.373. The number of carboxylic acid groups (broad SMARTS) is 1. The second kappa shape index (κ2) is 3.77. The Morgan fingerprint density at radius 2 is 2.21 bits per heavy atom. The van der Waals surface area contributed by atoms with Gasteiger partial charge in [0, 0.05) is 12.8 Å². The summed E-state index contributed by atoms with van der Waals surface area (Å²) in [7, 11) is 0. The molecule has 0 amide bonds. The first-order chi connectivity index (χ1) is 6.53. The van der Waals surface area contributed by atoms with E-state index < -0.39 is 17.4 Å². The van der Waals surface area contributed by atoms with Crippen molar-refractivity contribution in [2.24, 2.45) is 5.41 Å². The number of Topliss-reactive ketones (excluding diaryl/α,β-unsaturated/α-hetero) is 1. The smallest absolute Gasteiger partial charge is 0.323 e. The Balaban J connectivity index is 2.88. The zero-order chi connectivity index (χ0) is 10.8. The molecule has 0 aliphatic heterocycles. The van der Waals surface area contributed by atoms with Gasteiger partial charge in [0.25, 0.3) is 0 Å². The van der Waals surface area contributed by atoms with Gasteiger partial charge < -0.3 is 9.84 Å². The van der Waals surface area contributed by atoms with Crippen LogP contribution in [0.1, 0.15) is 26.2 Å². The molecule has 1 rings (SSSR count). The number of rotatable bonds is 3. The molecule has 1 aliphatic rings. The summed E-state index contributed by atoms with van der Waals surface area (Å²) in [6.07, 6.45) is -0.0354. The highest BCUT2D eigenvalue weighted by Gasteiger charge is 2.52. The van der Waals surface area contributed by atoms with Crippen molar-refractivity contribution in [3.8, 4) is 0 Å².